The molecule has 0 spiro atoms. The second-order valence-corrected chi connectivity index (χ2v) is 6.13. The molecule has 0 amide bonds. The SMILES string of the molecule is COc1nc2sccn2c1CNCc1sccc1C. The van der Waals surface area contributed by atoms with Crippen LogP contribution in [-0.2, 0) is 13.1 Å². The molecule has 0 saturated carbocycles. The summed E-state index contributed by atoms with van der Waals surface area (Å²) < 4.78 is 7.42. The Morgan fingerprint density at radius 3 is 2.95 bits per heavy atom. The summed E-state index contributed by atoms with van der Waals surface area (Å²) in [5, 5.41) is 7.63. The zero-order valence-electron chi connectivity index (χ0n) is 10.8. The lowest BCUT2D eigenvalue weighted by molar-refractivity contribution is 0.393. The Morgan fingerprint density at radius 1 is 1.32 bits per heavy atom. The van der Waals surface area contributed by atoms with E-state index in [1.165, 1.54) is 10.4 Å². The Balaban J connectivity index is 1.74. The molecule has 3 rings (SSSR count). The van der Waals surface area contributed by atoms with Gasteiger partial charge >= 0.3 is 0 Å². The van der Waals surface area contributed by atoms with Gasteiger partial charge < -0.3 is 10.1 Å². The van der Waals surface area contributed by atoms with Gasteiger partial charge in [-0.2, -0.15) is 4.98 Å². The largest absolute Gasteiger partial charge is 0.480 e. The summed E-state index contributed by atoms with van der Waals surface area (Å²) in [6, 6.07) is 2.15. The Labute approximate surface area is 119 Å². The van der Waals surface area contributed by atoms with Gasteiger partial charge in [-0.15, -0.1) is 22.7 Å². The first-order valence-electron chi connectivity index (χ1n) is 6.01. The molecule has 0 aliphatic heterocycles. The molecule has 3 aromatic rings. The van der Waals surface area contributed by atoms with Crippen LogP contribution in [0, 0.1) is 6.92 Å². The Morgan fingerprint density at radius 2 is 2.21 bits per heavy atom. The van der Waals surface area contributed by atoms with Crippen molar-refractivity contribution in [2.24, 2.45) is 0 Å². The molecule has 0 aliphatic rings. The Hall–Kier alpha value is -1.37. The maximum Gasteiger partial charge on any atom is 0.237 e. The van der Waals surface area contributed by atoms with Crippen LogP contribution in [0.1, 0.15) is 16.1 Å². The van der Waals surface area contributed by atoms with Crippen molar-refractivity contribution < 1.29 is 4.74 Å². The highest BCUT2D eigenvalue weighted by Gasteiger charge is 2.13. The molecule has 0 saturated heterocycles. The van der Waals surface area contributed by atoms with E-state index in [2.05, 4.69) is 33.1 Å². The number of fused-ring (bicyclic) bond motifs is 1. The second kappa shape index (κ2) is 5.32. The van der Waals surface area contributed by atoms with Crippen molar-refractivity contribution in [1.82, 2.24) is 14.7 Å². The van der Waals surface area contributed by atoms with E-state index < -0.39 is 0 Å². The normalized spacial score (nSPS) is 11.3. The number of hydrogen-bond donors (Lipinski definition) is 1. The third-order valence-corrected chi connectivity index (χ3v) is 4.84. The van der Waals surface area contributed by atoms with Crippen LogP contribution in [0.5, 0.6) is 5.88 Å². The number of rotatable bonds is 5. The average Bonchev–Trinajstić information content (AvgIpc) is 3.07. The van der Waals surface area contributed by atoms with Crippen molar-refractivity contribution in [3.63, 3.8) is 0 Å². The summed E-state index contributed by atoms with van der Waals surface area (Å²) in [5.41, 5.74) is 2.42. The standard InChI is InChI=1S/C13H15N3OS2/c1-9-3-5-18-11(9)8-14-7-10-12(17-2)15-13-16(10)4-6-19-13/h3-6,14H,7-8H2,1-2H3. The van der Waals surface area contributed by atoms with Crippen molar-refractivity contribution in [1.29, 1.82) is 0 Å². The van der Waals surface area contributed by atoms with Crippen LogP contribution in [0.25, 0.3) is 4.96 Å². The molecular formula is C13H15N3OS2. The average molecular weight is 293 g/mol. The van der Waals surface area contributed by atoms with Crippen LogP contribution in [-0.4, -0.2) is 16.5 Å². The smallest absolute Gasteiger partial charge is 0.237 e. The number of thiazole rings is 1. The lowest BCUT2D eigenvalue weighted by Crippen LogP contribution is -2.14. The fourth-order valence-electron chi connectivity index (χ4n) is 2.02. The van der Waals surface area contributed by atoms with E-state index in [1.54, 1.807) is 29.8 Å². The van der Waals surface area contributed by atoms with E-state index >= 15 is 0 Å². The van der Waals surface area contributed by atoms with Crippen LogP contribution in [0.3, 0.4) is 0 Å². The monoisotopic (exact) mass is 293 g/mol. The lowest BCUT2D eigenvalue weighted by Gasteiger charge is -2.05. The number of aryl methyl sites for hydroxylation is 1. The molecule has 0 fully saturated rings. The molecule has 3 aromatic heterocycles. The summed E-state index contributed by atoms with van der Waals surface area (Å²) in [5.74, 6) is 0.710. The first-order chi connectivity index (χ1) is 9.29. The van der Waals surface area contributed by atoms with Crippen molar-refractivity contribution >= 4 is 27.6 Å². The third kappa shape index (κ3) is 2.39. The van der Waals surface area contributed by atoms with E-state index in [0.717, 1.165) is 23.7 Å². The number of thiophene rings is 1. The summed E-state index contributed by atoms with van der Waals surface area (Å²) >= 11 is 3.41. The minimum Gasteiger partial charge on any atom is -0.480 e. The van der Waals surface area contributed by atoms with Gasteiger partial charge in [0.25, 0.3) is 0 Å². The first-order valence-corrected chi connectivity index (χ1v) is 7.77. The van der Waals surface area contributed by atoms with Crippen LogP contribution in [0.4, 0.5) is 0 Å². The molecule has 4 nitrogen and oxygen atoms in total. The first kappa shape index (κ1) is 12.7. The molecule has 0 bridgehead atoms. The molecule has 0 radical (unpaired) electrons. The minimum absolute atomic E-state index is 0.710. The van der Waals surface area contributed by atoms with Gasteiger partial charge in [0, 0.05) is 29.5 Å². The molecule has 19 heavy (non-hydrogen) atoms. The molecule has 0 aromatic carbocycles. The summed E-state index contributed by atoms with van der Waals surface area (Å²) in [7, 11) is 1.67. The van der Waals surface area contributed by atoms with E-state index in [-0.39, 0.29) is 0 Å². The molecule has 6 heteroatoms. The second-order valence-electron chi connectivity index (χ2n) is 4.25. The van der Waals surface area contributed by atoms with Gasteiger partial charge in [-0.1, -0.05) is 0 Å². The van der Waals surface area contributed by atoms with E-state index in [4.69, 9.17) is 4.74 Å². The zero-order chi connectivity index (χ0) is 13.2. The zero-order valence-corrected chi connectivity index (χ0v) is 12.5. The molecule has 0 atom stereocenters. The van der Waals surface area contributed by atoms with Crippen LogP contribution in [0.2, 0.25) is 0 Å². The fourth-order valence-corrected chi connectivity index (χ4v) is 3.62. The molecule has 0 aliphatic carbocycles. The maximum atomic E-state index is 5.34. The van der Waals surface area contributed by atoms with Crippen LogP contribution < -0.4 is 10.1 Å². The number of hydrogen-bond acceptors (Lipinski definition) is 5. The molecule has 0 unspecified atom stereocenters. The van der Waals surface area contributed by atoms with Gasteiger partial charge in [-0.05, 0) is 23.9 Å². The number of ether oxygens (including phenoxy) is 1. The van der Waals surface area contributed by atoms with E-state index in [9.17, 15) is 0 Å². The predicted octanol–water partition coefficient (Wildman–Crippen LogP) is 3.06. The highest BCUT2D eigenvalue weighted by Crippen LogP contribution is 2.23. The van der Waals surface area contributed by atoms with Gasteiger partial charge in [0.2, 0.25) is 5.88 Å². The summed E-state index contributed by atoms with van der Waals surface area (Å²) in [6.45, 7) is 3.77. The Kier molecular flexibility index (Phi) is 3.54. The third-order valence-electron chi connectivity index (χ3n) is 3.06. The minimum atomic E-state index is 0.710. The number of aromatic nitrogens is 2. The fraction of sp³-hybridized carbons (Fsp3) is 0.308. The van der Waals surface area contributed by atoms with Gasteiger partial charge in [0.1, 0.15) is 5.69 Å². The number of nitrogens with zero attached hydrogens (tertiary/aromatic N) is 2. The maximum absolute atomic E-state index is 5.34. The molecule has 3 heterocycles. The quantitative estimate of drug-likeness (QED) is 0.786. The van der Waals surface area contributed by atoms with Gasteiger partial charge in [-0.3, -0.25) is 4.40 Å². The number of nitrogens with one attached hydrogen (secondary N) is 1. The molecule has 100 valence electrons. The summed E-state index contributed by atoms with van der Waals surface area (Å²) in [6.07, 6.45) is 2.03. The number of methoxy groups -OCH3 is 1. The van der Waals surface area contributed by atoms with Crippen LogP contribution in [0.15, 0.2) is 23.0 Å². The lowest BCUT2D eigenvalue weighted by atomic mass is 10.3. The molecule has 1 N–H and O–H groups in total. The van der Waals surface area contributed by atoms with Crippen molar-refractivity contribution in [2.75, 3.05) is 7.11 Å². The van der Waals surface area contributed by atoms with E-state index in [0.29, 0.717) is 5.88 Å². The highest BCUT2D eigenvalue weighted by molar-refractivity contribution is 7.15. The van der Waals surface area contributed by atoms with Gasteiger partial charge in [0.15, 0.2) is 4.96 Å². The summed E-state index contributed by atoms with van der Waals surface area (Å²) in [4.78, 5) is 6.80. The Bertz CT molecular complexity index is 683. The van der Waals surface area contributed by atoms with Crippen molar-refractivity contribution in [3.8, 4) is 5.88 Å². The van der Waals surface area contributed by atoms with Crippen molar-refractivity contribution in [2.45, 2.75) is 20.0 Å². The van der Waals surface area contributed by atoms with Gasteiger partial charge in [-0.25, -0.2) is 0 Å². The highest BCUT2D eigenvalue weighted by atomic mass is 32.1. The van der Waals surface area contributed by atoms with E-state index in [1.807, 2.05) is 11.6 Å². The van der Waals surface area contributed by atoms with Crippen LogP contribution >= 0.6 is 22.7 Å². The predicted molar refractivity (Wildman–Crippen MR) is 79.2 cm³/mol. The molecular weight excluding hydrogens is 278 g/mol. The van der Waals surface area contributed by atoms with Gasteiger partial charge in [0.05, 0.1) is 7.11 Å². The van der Waals surface area contributed by atoms with Crippen molar-refractivity contribution in [3.05, 3.63) is 39.2 Å². The topological polar surface area (TPSA) is 38.6 Å². The number of imidazole rings is 1.